The predicted octanol–water partition coefficient (Wildman–Crippen LogP) is 3.79. The minimum Gasteiger partial charge on any atom is -0.495 e. The highest BCUT2D eigenvalue weighted by Crippen LogP contribution is 2.35. The number of sulfonamides is 1. The minimum atomic E-state index is -4.45. The Morgan fingerprint density at radius 3 is 2.64 bits per heavy atom. The first kappa shape index (κ1) is 24.0. The van der Waals surface area contributed by atoms with Gasteiger partial charge in [0, 0.05) is 22.8 Å². The summed E-state index contributed by atoms with van der Waals surface area (Å²) in [4.78, 5) is 27.0. The average molecular weight is 491 g/mol. The number of carbonyl (C=O) groups excluding carboxylic acids is 1. The topological polar surface area (TPSA) is 132 Å². The number of aromatic nitrogens is 1. The molecular formula is C21H19ClN4O6S. The van der Waals surface area contributed by atoms with Crippen molar-refractivity contribution in [2.75, 3.05) is 23.3 Å². The number of amides is 1. The van der Waals surface area contributed by atoms with Gasteiger partial charge in [-0.3, -0.25) is 24.2 Å². The Balaban J connectivity index is 2.10. The number of hydrogen-bond acceptors (Lipinski definition) is 7. The van der Waals surface area contributed by atoms with Crippen LogP contribution in [0.5, 0.6) is 5.75 Å². The van der Waals surface area contributed by atoms with Crippen molar-refractivity contribution in [1.29, 1.82) is 0 Å². The summed E-state index contributed by atoms with van der Waals surface area (Å²) in [5.41, 5.74) is 0.285. The van der Waals surface area contributed by atoms with Crippen molar-refractivity contribution in [2.24, 2.45) is 0 Å². The number of ether oxygens (including phenoxy) is 1. The molecule has 0 bridgehead atoms. The van der Waals surface area contributed by atoms with Crippen molar-refractivity contribution >= 4 is 44.6 Å². The van der Waals surface area contributed by atoms with Gasteiger partial charge in [0.1, 0.15) is 12.3 Å². The Bertz CT molecular complexity index is 1300. The van der Waals surface area contributed by atoms with Crippen LogP contribution in [0.3, 0.4) is 0 Å². The van der Waals surface area contributed by atoms with Crippen LogP contribution in [0, 0.1) is 17.0 Å². The summed E-state index contributed by atoms with van der Waals surface area (Å²) in [5, 5.41) is 14.1. The second kappa shape index (κ2) is 9.84. The third kappa shape index (κ3) is 5.38. The number of carbonyl (C=O) groups is 1. The molecule has 1 amide bonds. The molecule has 2 aromatic carbocycles. The largest absolute Gasteiger partial charge is 0.495 e. The molecule has 1 N–H and O–H groups in total. The van der Waals surface area contributed by atoms with E-state index in [1.807, 2.05) is 0 Å². The fourth-order valence-corrected chi connectivity index (χ4v) is 4.61. The average Bonchev–Trinajstić information content (AvgIpc) is 2.78. The lowest BCUT2D eigenvalue weighted by Crippen LogP contribution is -2.38. The Labute approximate surface area is 195 Å². The molecule has 1 heterocycles. The van der Waals surface area contributed by atoms with Gasteiger partial charge >= 0.3 is 0 Å². The summed E-state index contributed by atoms with van der Waals surface area (Å²) in [6, 6.07) is 11.0. The number of hydrogen-bond donors (Lipinski definition) is 1. The van der Waals surface area contributed by atoms with Crippen LogP contribution >= 0.6 is 11.6 Å². The molecule has 12 heteroatoms. The third-order valence-corrected chi connectivity index (χ3v) is 6.60. The van der Waals surface area contributed by atoms with E-state index in [1.54, 1.807) is 12.1 Å². The number of nitro groups is 1. The van der Waals surface area contributed by atoms with Crippen molar-refractivity contribution in [3.63, 3.8) is 0 Å². The second-order valence-electron chi connectivity index (χ2n) is 6.82. The molecular weight excluding hydrogens is 472 g/mol. The molecule has 0 saturated heterocycles. The van der Waals surface area contributed by atoms with Crippen LogP contribution in [0.1, 0.15) is 5.56 Å². The normalized spacial score (nSPS) is 11.0. The number of nitrogens with zero attached hydrogens (tertiary/aromatic N) is 3. The van der Waals surface area contributed by atoms with Crippen LogP contribution in [0.4, 0.5) is 17.1 Å². The summed E-state index contributed by atoms with van der Waals surface area (Å²) in [6.45, 7) is 0.837. The van der Waals surface area contributed by atoms with Gasteiger partial charge in [0.15, 0.2) is 0 Å². The number of nitrogens with one attached hydrogen (secondary N) is 1. The maximum Gasteiger partial charge on any atom is 0.273 e. The number of rotatable bonds is 8. The van der Waals surface area contributed by atoms with Crippen LogP contribution < -0.4 is 14.4 Å². The molecule has 33 heavy (non-hydrogen) atoms. The van der Waals surface area contributed by atoms with E-state index in [2.05, 4.69) is 10.3 Å². The van der Waals surface area contributed by atoms with E-state index in [-0.39, 0.29) is 27.0 Å². The Morgan fingerprint density at radius 2 is 2.00 bits per heavy atom. The van der Waals surface area contributed by atoms with Gasteiger partial charge < -0.3 is 10.1 Å². The third-order valence-electron chi connectivity index (χ3n) is 4.61. The zero-order valence-electron chi connectivity index (χ0n) is 17.6. The number of aryl methyl sites for hydroxylation is 1. The van der Waals surface area contributed by atoms with Crippen LogP contribution in [0.15, 0.2) is 65.8 Å². The molecule has 3 rings (SSSR count). The molecule has 0 aliphatic carbocycles. The van der Waals surface area contributed by atoms with E-state index < -0.39 is 27.4 Å². The van der Waals surface area contributed by atoms with E-state index in [0.29, 0.717) is 11.3 Å². The first-order valence-electron chi connectivity index (χ1n) is 9.44. The van der Waals surface area contributed by atoms with Gasteiger partial charge in [-0.2, -0.15) is 0 Å². The van der Waals surface area contributed by atoms with Gasteiger partial charge in [0.05, 0.1) is 34.5 Å². The zero-order chi connectivity index (χ0) is 24.2. The molecule has 3 aromatic rings. The smallest absolute Gasteiger partial charge is 0.273 e. The molecule has 0 unspecified atom stereocenters. The molecule has 0 aliphatic rings. The monoisotopic (exact) mass is 490 g/mol. The number of nitro benzene ring substituents is 1. The lowest BCUT2D eigenvalue weighted by atomic mass is 10.2. The Kier molecular flexibility index (Phi) is 7.14. The number of methoxy groups -OCH3 is 1. The highest BCUT2D eigenvalue weighted by molar-refractivity contribution is 7.92. The molecule has 0 atom stereocenters. The highest BCUT2D eigenvalue weighted by Gasteiger charge is 2.31. The number of anilines is 2. The summed E-state index contributed by atoms with van der Waals surface area (Å²) in [6.07, 6.45) is 2.92. The summed E-state index contributed by atoms with van der Waals surface area (Å²) < 4.78 is 33.3. The van der Waals surface area contributed by atoms with E-state index in [1.165, 1.54) is 56.8 Å². The van der Waals surface area contributed by atoms with Crippen molar-refractivity contribution in [3.8, 4) is 5.75 Å². The lowest BCUT2D eigenvalue weighted by Gasteiger charge is -2.26. The van der Waals surface area contributed by atoms with Crippen molar-refractivity contribution in [2.45, 2.75) is 11.8 Å². The first-order chi connectivity index (χ1) is 15.6. The maximum absolute atomic E-state index is 13.6. The van der Waals surface area contributed by atoms with E-state index in [0.717, 1.165) is 10.4 Å². The quantitative estimate of drug-likeness (QED) is 0.375. The maximum atomic E-state index is 13.6. The van der Waals surface area contributed by atoms with Gasteiger partial charge in [-0.15, -0.1) is 0 Å². The second-order valence-corrected chi connectivity index (χ2v) is 9.12. The van der Waals surface area contributed by atoms with Gasteiger partial charge in [0.25, 0.3) is 15.7 Å². The van der Waals surface area contributed by atoms with Crippen molar-refractivity contribution in [3.05, 3.63) is 81.6 Å². The zero-order valence-corrected chi connectivity index (χ0v) is 19.1. The highest BCUT2D eigenvalue weighted by atomic mass is 35.5. The van der Waals surface area contributed by atoms with Gasteiger partial charge in [-0.1, -0.05) is 17.7 Å². The van der Waals surface area contributed by atoms with Crippen molar-refractivity contribution in [1.82, 2.24) is 4.98 Å². The predicted molar refractivity (Wildman–Crippen MR) is 123 cm³/mol. The fraction of sp³-hybridized carbons (Fsp3) is 0.143. The molecule has 10 nitrogen and oxygen atoms in total. The molecule has 172 valence electrons. The molecule has 1 aromatic heterocycles. The van der Waals surface area contributed by atoms with Gasteiger partial charge in [-0.05, 0) is 43.3 Å². The number of pyridine rings is 1. The van der Waals surface area contributed by atoms with Crippen LogP contribution in [0.25, 0.3) is 0 Å². The Morgan fingerprint density at radius 1 is 1.24 bits per heavy atom. The van der Waals surface area contributed by atoms with E-state index >= 15 is 0 Å². The summed E-state index contributed by atoms with van der Waals surface area (Å²) >= 11 is 6.09. The van der Waals surface area contributed by atoms with E-state index in [4.69, 9.17) is 16.3 Å². The SMILES string of the molecule is COc1ccc(Cl)cc1N(CC(=O)Nc1cccnc1)S(=O)(=O)c1ccc(C)c([N+](=O)[O-])c1. The number of benzene rings is 2. The molecule has 0 saturated carbocycles. The number of halogens is 1. The summed E-state index contributed by atoms with van der Waals surface area (Å²) in [7, 11) is -3.11. The Hall–Kier alpha value is -3.70. The van der Waals surface area contributed by atoms with Crippen LogP contribution in [-0.2, 0) is 14.8 Å². The molecule has 0 spiro atoms. The molecule has 0 aliphatic heterocycles. The van der Waals surface area contributed by atoms with Crippen LogP contribution in [-0.4, -0.2) is 37.9 Å². The minimum absolute atomic E-state index is 0.00503. The van der Waals surface area contributed by atoms with Crippen LogP contribution in [0.2, 0.25) is 5.02 Å². The summed E-state index contributed by atoms with van der Waals surface area (Å²) in [5.74, 6) is -0.533. The van der Waals surface area contributed by atoms with Gasteiger partial charge in [-0.25, -0.2) is 8.42 Å². The molecule has 0 radical (unpaired) electrons. The van der Waals surface area contributed by atoms with Gasteiger partial charge in [0.2, 0.25) is 5.91 Å². The first-order valence-corrected chi connectivity index (χ1v) is 11.3. The van der Waals surface area contributed by atoms with E-state index in [9.17, 15) is 23.3 Å². The standard InChI is InChI=1S/C21H19ClN4O6S/c1-14-5-7-17(11-18(14)26(28)29)33(30,31)25(19-10-15(22)6-8-20(19)32-2)13-21(27)24-16-4-3-9-23-12-16/h3-12H,13H2,1-2H3,(H,24,27). The lowest BCUT2D eigenvalue weighted by molar-refractivity contribution is -0.385. The van der Waals surface area contributed by atoms with Crippen molar-refractivity contribution < 1.29 is 22.9 Å². The molecule has 0 fully saturated rings. The fourth-order valence-electron chi connectivity index (χ4n) is 3.00.